The zero-order valence-electron chi connectivity index (χ0n) is 18.0. The lowest BCUT2D eigenvalue weighted by molar-refractivity contribution is 0.0314. The van der Waals surface area contributed by atoms with E-state index in [0.29, 0.717) is 25.4 Å². The highest BCUT2D eigenvalue weighted by Crippen LogP contribution is 2.31. The lowest BCUT2D eigenvalue weighted by atomic mass is 10.1. The number of carbonyl (C=O) groups is 1. The third kappa shape index (κ3) is 4.97. The Labute approximate surface area is 182 Å². The minimum Gasteiger partial charge on any atom is -0.488 e. The average Bonchev–Trinajstić information content (AvgIpc) is 2.82. The Hall–Kier alpha value is -3.12. The largest absolute Gasteiger partial charge is 0.488 e. The molecule has 1 aromatic heterocycles. The molecule has 0 radical (unpaired) electrons. The van der Waals surface area contributed by atoms with Crippen molar-refractivity contribution in [3.8, 4) is 5.75 Å². The summed E-state index contributed by atoms with van der Waals surface area (Å²) < 4.78 is 17.2. The van der Waals surface area contributed by atoms with Crippen molar-refractivity contribution in [1.82, 2.24) is 9.88 Å². The fraction of sp³-hybridized carbons (Fsp3) is 0.360. The molecule has 0 N–H and O–H groups in total. The van der Waals surface area contributed by atoms with Gasteiger partial charge in [-0.15, -0.1) is 0 Å². The van der Waals surface area contributed by atoms with Crippen molar-refractivity contribution >= 4 is 17.0 Å². The van der Waals surface area contributed by atoms with Crippen LogP contribution in [0.2, 0.25) is 0 Å². The number of hydrogen-bond donors (Lipinski definition) is 0. The topological polar surface area (TPSA) is 60.9 Å². The van der Waals surface area contributed by atoms with Gasteiger partial charge >= 0.3 is 6.09 Å². The molecule has 0 unspecified atom stereocenters. The lowest BCUT2D eigenvalue weighted by Crippen LogP contribution is -2.40. The molecule has 162 valence electrons. The Kier molecular flexibility index (Phi) is 6.67. The van der Waals surface area contributed by atoms with Gasteiger partial charge in [-0.05, 0) is 37.5 Å². The summed E-state index contributed by atoms with van der Waals surface area (Å²) in [4.78, 5) is 19.0. The smallest absolute Gasteiger partial charge is 0.410 e. The summed E-state index contributed by atoms with van der Waals surface area (Å²) in [5.41, 5.74) is 3.51. The van der Waals surface area contributed by atoms with Gasteiger partial charge in [0.25, 0.3) is 0 Å². The van der Waals surface area contributed by atoms with Gasteiger partial charge in [-0.2, -0.15) is 0 Å². The van der Waals surface area contributed by atoms with E-state index in [1.165, 1.54) is 0 Å². The van der Waals surface area contributed by atoms with Gasteiger partial charge in [-0.25, -0.2) is 9.78 Å². The number of piperidine rings is 1. The summed E-state index contributed by atoms with van der Waals surface area (Å²) in [5.74, 6) is 0.779. The van der Waals surface area contributed by atoms with Gasteiger partial charge in [-0.3, -0.25) is 0 Å². The van der Waals surface area contributed by atoms with Crippen LogP contribution in [0.3, 0.4) is 0 Å². The first kappa shape index (κ1) is 21.1. The Balaban J connectivity index is 1.50. The van der Waals surface area contributed by atoms with Gasteiger partial charge in [0.2, 0.25) is 0 Å². The van der Waals surface area contributed by atoms with Gasteiger partial charge in [0.1, 0.15) is 19.0 Å². The molecule has 0 bridgehead atoms. The van der Waals surface area contributed by atoms with Gasteiger partial charge in [0, 0.05) is 31.1 Å². The van der Waals surface area contributed by atoms with E-state index in [0.717, 1.165) is 40.6 Å². The zero-order chi connectivity index (χ0) is 21.6. The first-order chi connectivity index (χ1) is 15.2. The third-order valence-corrected chi connectivity index (χ3v) is 5.77. The number of hydrogen-bond acceptors (Lipinski definition) is 5. The second kappa shape index (κ2) is 9.79. The van der Waals surface area contributed by atoms with Gasteiger partial charge < -0.3 is 19.1 Å². The van der Waals surface area contributed by atoms with Crippen LogP contribution in [-0.2, 0) is 22.7 Å². The Morgan fingerprint density at radius 2 is 1.74 bits per heavy atom. The molecular formula is C25H28N2O4. The van der Waals surface area contributed by atoms with Crippen molar-refractivity contribution in [1.29, 1.82) is 0 Å². The number of ether oxygens (including phenoxy) is 3. The fourth-order valence-corrected chi connectivity index (χ4v) is 3.88. The second-order valence-electron chi connectivity index (χ2n) is 7.78. The van der Waals surface area contributed by atoms with Crippen LogP contribution in [-0.4, -0.2) is 42.3 Å². The maximum absolute atomic E-state index is 12.5. The van der Waals surface area contributed by atoms with Crippen LogP contribution < -0.4 is 4.74 Å². The molecule has 1 aliphatic heterocycles. The van der Waals surface area contributed by atoms with Crippen LogP contribution in [0.25, 0.3) is 10.9 Å². The molecule has 3 aromatic rings. The Morgan fingerprint density at radius 1 is 1.03 bits per heavy atom. The van der Waals surface area contributed by atoms with Crippen LogP contribution in [0.15, 0.2) is 54.6 Å². The van der Waals surface area contributed by atoms with Crippen LogP contribution in [0, 0.1) is 6.92 Å². The molecule has 0 aliphatic carbocycles. The first-order valence-electron chi connectivity index (χ1n) is 10.6. The molecule has 2 aromatic carbocycles. The van der Waals surface area contributed by atoms with Crippen molar-refractivity contribution < 1.29 is 19.0 Å². The molecular weight excluding hydrogens is 392 g/mol. The zero-order valence-corrected chi connectivity index (χ0v) is 18.0. The number of aromatic nitrogens is 1. The molecule has 6 nitrogen and oxygen atoms in total. The van der Waals surface area contributed by atoms with Crippen molar-refractivity contribution in [2.75, 3.05) is 20.2 Å². The fourth-order valence-electron chi connectivity index (χ4n) is 3.88. The highest BCUT2D eigenvalue weighted by Gasteiger charge is 2.24. The predicted molar refractivity (Wildman–Crippen MR) is 119 cm³/mol. The number of para-hydroxylation sites is 1. The summed E-state index contributed by atoms with van der Waals surface area (Å²) in [7, 11) is 1.71. The van der Waals surface area contributed by atoms with E-state index in [2.05, 4.69) is 0 Å². The molecule has 0 spiro atoms. The Bertz CT molecular complexity index is 1030. The maximum atomic E-state index is 12.5. The molecule has 2 heterocycles. The molecule has 0 atom stereocenters. The summed E-state index contributed by atoms with van der Waals surface area (Å²) in [6.07, 6.45) is 1.57. The van der Waals surface area contributed by atoms with E-state index in [9.17, 15) is 4.79 Å². The summed E-state index contributed by atoms with van der Waals surface area (Å²) in [5, 5.41) is 0.952. The minimum atomic E-state index is -0.310. The monoisotopic (exact) mass is 420 g/mol. The molecule has 4 rings (SSSR count). The third-order valence-electron chi connectivity index (χ3n) is 5.77. The first-order valence-corrected chi connectivity index (χ1v) is 10.6. The van der Waals surface area contributed by atoms with Crippen LogP contribution >= 0.6 is 0 Å². The lowest BCUT2D eigenvalue weighted by Gasteiger charge is -2.30. The van der Waals surface area contributed by atoms with E-state index in [1.807, 2.05) is 61.5 Å². The number of pyridine rings is 1. The molecule has 31 heavy (non-hydrogen) atoms. The Morgan fingerprint density at radius 3 is 2.48 bits per heavy atom. The number of benzene rings is 2. The highest BCUT2D eigenvalue weighted by molar-refractivity contribution is 5.86. The highest BCUT2D eigenvalue weighted by atomic mass is 16.6. The number of likely N-dealkylation sites (tertiary alicyclic amines) is 1. The molecule has 1 amide bonds. The standard InChI is InChI=1S/C25H28N2O4/c1-18-23(17-31-25(28)27-14-12-20(29-2)13-15-27)26-22-11-7-6-10-21(22)24(18)30-16-19-8-4-3-5-9-19/h3-11,20H,12-17H2,1-2H3. The van der Waals surface area contributed by atoms with Gasteiger partial charge in [0.05, 0.1) is 17.3 Å². The van der Waals surface area contributed by atoms with E-state index in [1.54, 1.807) is 12.0 Å². The molecule has 1 aliphatic rings. The average molecular weight is 421 g/mol. The summed E-state index contributed by atoms with van der Waals surface area (Å²) in [6.45, 7) is 3.83. The van der Waals surface area contributed by atoms with Crippen LogP contribution in [0.1, 0.15) is 29.7 Å². The molecule has 1 fully saturated rings. The second-order valence-corrected chi connectivity index (χ2v) is 7.78. The van der Waals surface area contributed by atoms with E-state index in [4.69, 9.17) is 19.2 Å². The van der Waals surface area contributed by atoms with Crippen LogP contribution in [0.5, 0.6) is 5.75 Å². The van der Waals surface area contributed by atoms with E-state index < -0.39 is 0 Å². The number of carbonyl (C=O) groups excluding carboxylic acids is 1. The normalized spacial score (nSPS) is 14.6. The van der Waals surface area contributed by atoms with Crippen molar-refractivity contribution in [2.24, 2.45) is 0 Å². The number of amides is 1. The maximum Gasteiger partial charge on any atom is 0.410 e. The summed E-state index contributed by atoms with van der Waals surface area (Å²) in [6, 6.07) is 17.9. The molecule has 0 saturated carbocycles. The quantitative estimate of drug-likeness (QED) is 0.569. The minimum absolute atomic E-state index is 0.113. The van der Waals surface area contributed by atoms with Gasteiger partial charge in [0.15, 0.2) is 0 Å². The number of rotatable bonds is 6. The molecule has 1 saturated heterocycles. The van der Waals surface area contributed by atoms with Crippen molar-refractivity contribution in [3.63, 3.8) is 0 Å². The van der Waals surface area contributed by atoms with Gasteiger partial charge in [-0.1, -0.05) is 42.5 Å². The van der Waals surface area contributed by atoms with Crippen LogP contribution in [0.4, 0.5) is 4.79 Å². The number of nitrogens with zero attached hydrogens (tertiary/aromatic N) is 2. The van der Waals surface area contributed by atoms with Crippen molar-refractivity contribution in [3.05, 3.63) is 71.4 Å². The SMILES string of the molecule is COC1CCN(C(=O)OCc2nc3ccccc3c(OCc3ccccc3)c2C)CC1. The van der Waals surface area contributed by atoms with E-state index >= 15 is 0 Å². The van der Waals surface area contributed by atoms with Crippen molar-refractivity contribution in [2.45, 2.75) is 39.1 Å². The summed E-state index contributed by atoms with van der Waals surface area (Å²) >= 11 is 0. The van der Waals surface area contributed by atoms with E-state index in [-0.39, 0.29) is 18.8 Å². The molecule has 6 heteroatoms. The number of methoxy groups -OCH3 is 1. The predicted octanol–water partition coefficient (Wildman–Crippen LogP) is 4.87. The number of fused-ring (bicyclic) bond motifs is 1.